The molecule has 5 nitrogen and oxygen atoms in total. The predicted octanol–water partition coefficient (Wildman–Crippen LogP) is 4.99. The number of hydrogen-bond donors (Lipinski definition) is 0. The number of carbonyl (C=O) groups is 2. The van der Waals surface area contributed by atoms with Crippen LogP contribution in [0.4, 0.5) is 5.69 Å². The Balaban J connectivity index is 1.65. The molecule has 0 aliphatic carbocycles. The summed E-state index contributed by atoms with van der Waals surface area (Å²) in [7, 11) is 3.37. The number of methoxy groups -OCH3 is 1. The Bertz CT molecular complexity index is 920. The predicted molar refractivity (Wildman–Crippen MR) is 121 cm³/mol. The number of likely N-dealkylation sites (tertiary alicyclic amines) is 1. The van der Waals surface area contributed by atoms with E-state index < -0.39 is 0 Å². The number of benzene rings is 2. The number of carbonyl (C=O) groups excluding carboxylic acids is 2. The van der Waals surface area contributed by atoms with Crippen LogP contribution in [0.3, 0.4) is 0 Å². The zero-order valence-corrected chi connectivity index (χ0v) is 18.8. The van der Waals surface area contributed by atoms with Crippen LogP contribution >= 0.6 is 11.6 Å². The van der Waals surface area contributed by atoms with Crippen LogP contribution in [-0.2, 0) is 4.79 Å². The van der Waals surface area contributed by atoms with Gasteiger partial charge in [0.05, 0.1) is 12.7 Å². The van der Waals surface area contributed by atoms with E-state index in [1.54, 1.807) is 28.0 Å². The number of nitrogens with zero attached hydrogens (tertiary/aromatic N) is 2. The highest BCUT2D eigenvalue weighted by Gasteiger charge is 2.31. The SMILES string of the molecule is COc1ccc(Cl)cc1C(=O)N1CCC(C(=O)N(C)c2cccc(C(C)C)c2)CC1. The maximum Gasteiger partial charge on any atom is 0.257 e. The molecule has 0 radical (unpaired) electrons. The summed E-state index contributed by atoms with van der Waals surface area (Å²) in [5.74, 6) is 0.808. The van der Waals surface area contributed by atoms with E-state index in [0.29, 0.717) is 48.2 Å². The van der Waals surface area contributed by atoms with Crippen LogP contribution < -0.4 is 9.64 Å². The van der Waals surface area contributed by atoms with E-state index in [1.807, 2.05) is 19.2 Å². The topological polar surface area (TPSA) is 49.9 Å². The van der Waals surface area contributed by atoms with E-state index in [-0.39, 0.29) is 17.7 Å². The second-order valence-corrected chi connectivity index (χ2v) is 8.49. The van der Waals surface area contributed by atoms with Crippen molar-refractivity contribution in [2.45, 2.75) is 32.6 Å². The van der Waals surface area contributed by atoms with Crippen molar-refractivity contribution in [2.24, 2.45) is 5.92 Å². The number of amides is 2. The quantitative estimate of drug-likeness (QED) is 0.674. The molecule has 2 amide bonds. The maximum atomic E-state index is 13.1. The van der Waals surface area contributed by atoms with Crippen molar-refractivity contribution in [2.75, 3.05) is 32.1 Å². The van der Waals surface area contributed by atoms with E-state index in [1.165, 1.54) is 12.7 Å². The van der Waals surface area contributed by atoms with E-state index in [9.17, 15) is 9.59 Å². The van der Waals surface area contributed by atoms with Crippen molar-refractivity contribution in [3.8, 4) is 5.75 Å². The first-order valence-electron chi connectivity index (χ1n) is 10.3. The Morgan fingerprint density at radius 1 is 1.13 bits per heavy atom. The fourth-order valence-corrected chi connectivity index (χ4v) is 4.01. The molecule has 0 N–H and O–H groups in total. The molecule has 3 rings (SSSR count). The van der Waals surface area contributed by atoms with Crippen molar-refractivity contribution in [3.05, 3.63) is 58.6 Å². The van der Waals surface area contributed by atoms with E-state index in [2.05, 4.69) is 26.0 Å². The number of rotatable bonds is 5. The van der Waals surface area contributed by atoms with Crippen molar-refractivity contribution in [1.82, 2.24) is 4.90 Å². The summed E-state index contributed by atoms with van der Waals surface area (Å²) in [6.07, 6.45) is 1.28. The maximum absolute atomic E-state index is 13.1. The van der Waals surface area contributed by atoms with Gasteiger partial charge < -0.3 is 14.5 Å². The molecule has 1 aliphatic heterocycles. The van der Waals surface area contributed by atoms with Gasteiger partial charge in [-0.05, 0) is 54.7 Å². The van der Waals surface area contributed by atoms with Crippen molar-refractivity contribution in [3.63, 3.8) is 0 Å². The lowest BCUT2D eigenvalue weighted by atomic mass is 9.94. The average Bonchev–Trinajstić information content (AvgIpc) is 2.77. The molecular formula is C24H29ClN2O3. The van der Waals surface area contributed by atoms with E-state index in [4.69, 9.17) is 16.3 Å². The molecule has 0 aromatic heterocycles. The molecule has 1 fully saturated rings. The van der Waals surface area contributed by atoms with Crippen LogP contribution in [0.25, 0.3) is 0 Å². The summed E-state index contributed by atoms with van der Waals surface area (Å²) >= 11 is 6.07. The van der Waals surface area contributed by atoms with Gasteiger partial charge in [0.15, 0.2) is 0 Å². The first-order valence-corrected chi connectivity index (χ1v) is 10.7. The Hall–Kier alpha value is -2.53. The van der Waals surface area contributed by atoms with Gasteiger partial charge in [-0.15, -0.1) is 0 Å². The van der Waals surface area contributed by atoms with E-state index >= 15 is 0 Å². The number of hydrogen-bond acceptors (Lipinski definition) is 3. The normalized spacial score (nSPS) is 14.7. The first-order chi connectivity index (χ1) is 14.3. The average molecular weight is 429 g/mol. The Kier molecular flexibility index (Phi) is 7.03. The summed E-state index contributed by atoms with van der Waals surface area (Å²) in [4.78, 5) is 29.5. The highest BCUT2D eigenvalue weighted by Crippen LogP contribution is 2.28. The Morgan fingerprint density at radius 2 is 1.83 bits per heavy atom. The molecule has 0 spiro atoms. The van der Waals surface area contributed by atoms with Gasteiger partial charge in [-0.25, -0.2) is 0 Å². The summed E-state index contributed by atoms with van der Waals surface area (Å²) in [5.41, 5.74) is 2.58. The molecule has 0 saturated carbocycles. The summed E-state index contributed by atoms with van der Waals surface area (Å²) in [5, 5.41) is 0.495. The van der Waals surface area contributed by atoms with E-state index in [0.717, 1.165) is 5.69 Å². The van der Waals surface area contributed by atoms with Crippen LogP contribution in [0, 0.1) is 5.92 Å². The Labute approximate surface area is 183 Å². The minimum absolute atomic E-state index is 0.0944. The lowest BCUT2D eigenvalue weighted by Gasteiger charge is -2.33. The van der Waals surface area contributed by atoms with Crippen molar-refractivity contribution < 1.29 is 14.3 Å². The summed E-state index contributed by atoms with van der Waals surface area (Å²) in [6, 6.07) is 13.2. The molecule has 160 valence electrons. The minimum Gasteiger partial charge on any atom is -0.496 e. The molecule has 6 heteroatoms. The Morgan fingerprint density at radius 3 is 2.47 bits per heavy atom. The van der Waals surface area contributed by atoms with Gasteiger partial charge in [-0.1, -0.05) is 37.6 Å². The lowest BCUT2D eigenvalue weighted by molar-refractivity contribution is -0.123. The largest absolute Gasteiger partial charge is 0.496 e. The molecule has 2 aromatic rings. The highest BCUT2D eigenvalue weighted by molar-refractivity contribution is 6.31. The lowest BCUT2D eigenvalue weighted by Crippen LogP contribution is -2.43. The van der Waals surface area contributed by atoms with Crippen LogP contribution in [0.2, 0.25) is 5.02 Å². The molecule has 1 aliphatic rings. The molecule has 1 heterocycles. The number of anilines is 1. The van der Waals surface area contributed by atoms with Gasteiger partial charge in [-0.3, -0.25) is 9.59 Å². The number of halogens is 1. The third-order valence-electron chi connectivity index (χ3n) is 5.78. The molecule has 0 atom stereocenters. The fourth-order valence-electron chi connectivity index (χ4n) is 3.84. The fraction of sp³-hybridized carbons (Fsp3) is 0.417. The van der Waals surface area contributed by atoms with Crippen LogP contribution in [0.15, 0.2) is 42.5 Å². The van der Waals surface area contributed by atoms with Crippen molar-refractivity contribution in [1.29, 1.82) is 0 Å². The third-order valence-corrected chi connectivity index (χ3v) is 6.01. The zero-order valence-electron chi connectivity index (χ0n) is 18.0. The standard InChI is InChI=1S/C24H29ClN2O3/c1-16(2)18-6-5-7-20(14-18)26(3)23(28)17-10-12-27(13-11-17)24(29)21-15-19(25)8-9-22(21)30-4/h5-9,14-17H,10-13H2,1-4H3. The van der Waals surface area contributed by atoms with Gasteiger partial charge in [-0.2, -0.15) is 0 Å². The molecule has 30 heavy (non-hydrogen) atoms. The van der Waals surface area contributed by atoms with Crippen LogP contribution in [0.1, 0.15) is 48.5 Å². The summed E-state index contributed by atoms with van der Waals surface area (Å²) in [6.45, 7) is 5.35. The monoisotopic (exact) mass is 428 g/mol. The number of ether oxygens (including phenoxy) is 1. The zero-order chi connectivity index (χ0) is 21.8. The van der Waals surface area contributed by atoms with Crippen molar-refractivity contribution >= 4 is 29.1 Å². The molecule has 0 unspecified atom stereocenters. The van der Waals surface area contributed by atoms with Crippen LogP contribution in [0.5, 0.6) is 5.75 Å². The molecule has 0 bridgehead atoms. The number of piperidine rings is 1. The van der Waals surface area contributed by atoms with Gasteiger partial charge >= 0.3 is 0 Å². The summed E-state index contributed by atoms with van der Waals surface area (Å²) < 4.78 is 5.31. The minimum atomic E-state index is -0.113. The van der Waals surface area contributed by atoms with Gasteiger partial charge in [0.1, 0.15) is 5.75 Å². The van der Waals surface area contributed by atoms with Gasteiger partial charge in [0.2, 0.25) is 5.91 Å². The van der Waals surface area contributed by atoms with Gasteiger partial charge in [0, 0.05) is 36.8 Å². The molecule has 1 saturated heterocycles. The first kappa shape index (κ1) is 22.2. The van der Waals surface area contributed by atoms with Gasteiger partial charge in [0.25, 0.3) is 5.91 Å². The third kappa shape index (κ3) is 4.78. The second-order valence-electron chi connectivity index (χ2n) is 8.06. The molecule has 2 aromatic carbocycles. The van der Waals surface area contributed by atoms with Crippen LogP contribution in [-0.4, -0.2) is 44.0 Å². The second kappa shape index (κ2) is 9.52. The highest BCUT2D eigenvalue weighted by atomic mass is 35.5. The smallest absolute Gasteiger partial charge is 0.257 e. The molecular weight excluding hydrogens is 400 g/mol.